The van der Waals surface area contributed by atoms with Gasteiger partial charge in [0.15, 0.2) is 0 Å². The Hall–Kier alpha value is -9.12. The summed E-state index contributed by atoms with van der Waals surface area (Å²) >= 11 is 0. The van der Waals surface area contributed by atoms with Crippen molar-refractivity contribution in [2.45, 2.75) is 90.9 Å². The van der Waals surface area contributed by atoms with Crippen LogP contribution in [0.1, 0.15) is 111 Å². The number of anilines is 9. The van der Waals surface area contributed by atoms with Gasteiger partial charge in [-0.25, -0.2) is 0 Å². The van der Waals surface area contributed by atoms with Crippen LogP contribution in [-0.4, -0.2) is 6.71 Å². The molecule has 2 aliphatic rings. The highest BCUT2D eigenvalue weighted by atomic mass is 15.2. The first-order valence-electron chi connectivity index (χ1n) is 29.9. The first-order chi connectivity index (χ1) is 40.5. The minimum Gasteiger partial charge on any atom is -0.311 e. The van der Waals surface area contributed by atoms with Crippen molar-refractivity contribution in [2.24, 2.45) is 0 Å². The second kappa shape index (κ2) is 20.9. The summed E-state index contributed by atoms with van der Waals surface area (Å²) in [5.41, 5.74) is 25.7. The Balaban J connectivity index is 1.13. The fourth-order valence-electron chi connectivity index (χ4n) is 13.6. The lowest BCUT2D eigenvalue weighted by atomic mass is 9.33. The van der Waals surface area contributed by atoms with Crippen LogP contribution >= 0.6 is 0 Å². The summed E-state index contributed by atoms with van der Waals surface area (Å²) in [7, 11) is 0. The predicted octanol–water partition coefficient (Wildman–Crippen LogP) is 19.2. The normalized spacial score (nSPS) is 13.0. The van der Waals surface area contributed by atoms with Crippen molar-refractivity contribution in [1.82, 2.24) is 0 Å². The van der Waals surface area contributed by atoms with Gasteiger partial charge in [0.25, 0.3) is 6.71 Å². The van der Waals surface area contributed by atoms with Gasteiger partial charge in [0.1, 0.15) is 0 Å². The van der Waals surface area contributed by atoms with E-state index in [0.29, 0.717) is 0 Å². The number of fused-ring (bicyclic) bond motifs is 4. The van der Waals surface area contributed by atoms with Crippen molar-refractivity contribution >= 4 is 74.3 Å². The Bertz CT molecular complexity index is 3930. The van der Waals surface area contributed by atoms with Gasteiger partial charge >= 0.3 is 0 Å². The monoisotopic (exact) mass is 1090 g/mol. The quantitative estimate of drug-likeness (QED) is 0.107. The number of benzene rings is 11. The fourth-order valence-corrected chi connectivity index (χ4v) is 13.6. The molecule has 0 aliphatic carbocycles. The van der Waals surface area contributed by atoms with E-state index in [9.17, 15) is 0 Å². The highest BCUT2D eigenvalue weighted by molar-refractivity contribution is 7.00. The summed E-state index contributed by atoms with van der Waals surface area (Å²) in [6.07, 6.45) is 0. The first-order valence-corrected chi connectivity index (χ1v) is 29.9. The van der Waals surface area contributed by atoms with Crippen molar-refractivity contribution < 1.29 is 0 Å². The van der Waals surface area contributed by atoms with Gasteiger partial charge in [-0.2, -0.15) is 0 Å². The standard InChI is InChI=1S/C80H74BN3/c1-55-27-23-25-37-70(55)84(71-38-26-24-28-56(71)2)67-53-74-76-75(54-67)83(66-47-41-62(42-48-66)78(5,6)58-31-17-12-18-32-58)73-50-44-64(80(9,10)60-35-21-14-22-36-60)52-69(73)81(76)68-51-63(79(7,8)59-33-19-13-20-34-59)43-49-72(68)82(74)65-45-39-61(40-46-65)77(3,4)57-29-15-11-16-30-57/h11-54H,1-10H3. The van der Waals surface area contributed by atoms with Crippen LogP contribution in [0.25, 0.3) is 0 Å². The Morgan fingerprint density at radius 2 is 0.571 bits per heavy atom. The molecule has 84 heavy (non-hydrogen) atoms. The average molecular weight is 1090 g/mol. The minimum atomic E-state index is -0.295. The second-order valence-electron chi connectivity index (χ2n) is 25.5. The van der Waals surface area contributed by atoms with E-state index in [4.69, 9.17) is 0 Å². The molecule has 2 heterocycles. The molecule has 4 heteroatoms. The lowest BCUT2D eigenvalue weighted by Crippen LogP contribution is -2.61. The van der Waals surface area contributed by atoms with Gasteiger partial charge in [0, 0.05) is 67.2 Å². The third-order valence-electron chi connectivity index (χ3n) is 19.1. The highest BCUT2D eigenvalue weighted by Crippen LogP contribution is 2.51. The molecule has 0 amide bonds. The smallest absolute Gasteiger partial charge is 0.252 e. The molecule has 11 aromatic carbocycles. The lowest BCUT2D eigenvalue weighted by Gasteiger charge is -2.46. The molecule has 0 aromatic heterocycles. The van der Waals surface area contributed by atoms with Crippen molar-refractivity contribution in [1.29, 1.82) is 0 Å². The summed E-state index contributed by atoms with van der Waals surface area (Å²) in [5, 5.41) is 0. The Kier molecular flexibility index (Phi) is 13.5. The van der Waals surface area contributed by atoms with Gasteiger partial charge in [-0.3, -0.25) is 0 Å². The third kappa shape index (κ3) is 9.15. The van der Waals surface area contributed by atoms with Crippen LogP contribution in [0, 0.1) is 13.8 Å². The molecular formula is C80H74BN3. The zero-order valence-corrected chi connectivity index (χ0v) is 50.3. The zero-order chi connectivity index (χ0) is 58.1. The number of rotatable bonds is 13. The summed E-state index contributed by atoms with van der Waals surface area (Å²) in [6.45, 7) is 23.2. The van der Waals surface area contributed by atoms with E-state index in [1.807, 2.05) is 0 Å². The lowest BCUT2D eigenvalue weighted by molar-refractivity contribution is 0.641. The molecule has 0 spiro atoms. The number of aryl methyl sites for hydroxylation is 2. The molecule has 0 radical (unpaired) electrons. The van der Waals surface area contributed by atoms with Crippen LogP contribution in [0.3, 0.4) is 0 Å². The molecule has 0 atom stereocenters. The number of nitrogens with zero attached hydrogens (tertiary/aromatic N) is 3. The number of para-hydroxylation sites is 2. The van der Waals surface area contributed by atoms with Gasteiger partial charge < -0.3 is 14.7 Å². The minimum absolute atomic E-state index is 0.141. The predicted molar refractivity (Wildman–Crippen MR) is 359 cm³/mol. The molecule has 0 bridgehead atoms. The van der Waals surface area contributed by atoms with Crippen molar-refractivity contribution in [2.75, 3.05) is 14.7 Å². The molecular weight excluding hydrogens is 1010 g/mol. The first kappa shape index (κ1) is 54.2. The average Bonchev–Trinajstić information content (AvgIpc) is 0.771. The summed E-state index contributed by atoms with van der Waals surface area (Å²) in [6, 6.07) is 100. The Morgan fingerprint density at radius 1 is 0.286 bits per heavy atom. The molecule has 0 fully saturated rings. The molecule has 0 unspecified atom stereocenters. The maximum atomic E-state index is 2.59. The molecule has 11 aromatic rings. The summed E-state index contributed by atoms with van der Waals surface area (Å²) in [5.74, 6) is 0. The van der Waals surface area contributed by atoms with E-state index in [0.717, 1.165) is 39.8 Å². The molecule has 3 nitrogen and oxygen atoms in total. The molecule has 13 rings (SSSR count). The third-order valence-corrected chi connectivity index (χ3v) is 19.1. The Labute approximate surface area is 499 Å². The topological polar surface area (TPSA) is 9.72 Å². The number of hydrogen-bond acceptors (Lipinski definition) is 3. The largest absolute Gasteiger partial charge is 0.311 e. The summed E-state index contributed by atoms with van der Waals surface area (Å²) in [4.78, 5) is 7.69. The highest BCUT2D eigenvalue weighted by Gasteiger charge is 2.46. The van der Waals surface area contributed by atoms with E-state index in [1.54, 1.807) is 0 Å². The van der Waals surface area contributed by atoms with Crippen LogP contribution in [0.15, 0.2) is 267 Å². The molecule has 0 N–H and O–H groups in total. The van der Waals surface area contributed by atoms with E-state index >= 15 is 0 Å². The molecule has 2 aliphatic heterocycles. The Morgan fingerprint density at radius 3 is 0.905 bits per heavy atom. The van der Waals surface area contributed by atoms with Crippen LogP contribution < -0.4 is 31.1 Å². The van der Waals surface area contributed by atoms with E-state index in [-0.39, 0.29) is 28.4 Å². The van der Waals surface area contributed by atoms with Crippen molar-refractivity contribution in [3.63, 3.8) is 0 Å². The molecule has 412 valence electrons. The van der Waals surface area contributed by atoms with Crippen LogP contribution in [0.5, 0.6) is 0 Å². The second-order valence-corrected chi connectivity index (χ2v) is 25.5. The van der Waals surface area contributed by atoms with E-state index in [1.165, 1.54) is 83.4 Å². The van der Waals surface area contributed by atoms with E-state index < -0.39 is 0 Å². The van der Waals surface area contributed by atoms with Gasteiger partial charge in [0.05, 0.1) is 5.69 Å². The van der Waals surface area contributed by atoms with Crippen LogP contribution in [0.2, 0.25) is 0 Å². The van der Waals surface area contributed by atoms with Gasteiger partial charge in [-0.15, -0.1) is 0 Å². The fraction of sp³-hybridized carbons (Fsp3) is 0.175. The SMILES string of the molecule is Cc1ccccc1N(c1cc2c3c(c1)N(c1ccc(C(C)(C)c4ccccc4)cc1)c1ccc(C(C)(C)c4ccccc4)cc1B3c1cc(C(C)(C)c3ccccc3)ccc1N2c1ccc(C(C)(C)c2ccccc2)cc1)c1ccccc1C. The van der Waals surface area contributed by atoms with Gasteiger partial charge in [-0.05, 0) is 147 Å². The summed E-state index contributed by atoms with van der Waals surface area (Å²) < 4.78 is 0. The van der Waals surface area contributed by atoms with Crippen molar-refractivity contribution in [3.8, 4) is 0 Å². The zero-order valence-electron chi connectivity index (χ0n) is 50.3. The van der Waals surface area contributed by atoms with Crippen LogP contribution in [-0.2, 0) is 21.7 Å². The maximum Gasteiger partial charge on any atom is 0.252 e. The van der Waals surface area contributed by atoms with Gasteiger partial charge in [0.2, 0.25) is 0 Å². The molecule has 0 saturated carbocycles. The van der Waals surface area contributed by atoms with Crippen molar-refractivity contribution in [3.05, 3.63) is 323 Å². The van der Waals surface area contributed by atoms with Crippen LogP contribution in [0.4, 0.5) is 51.2 Å². The van der Waals surface area contributed by atoms with Gasteiger partial charge in [-0.1, -0.05) is 262 Å². The molecule has 0 saturated heterocycles. The maximum absolute atomic E-state index is 2.59. The number of hydrogen-bond donors (Lipinski definition) is 0. The van der Waals surface area contributed by atoms with E-state index in [2.05, 4.69) is 351 Å².